The first-order valence-electron chi connectivity index (χ1n) is 4.82. The molecule has 0 spiro atoms. The highest BCUT2D eigenvalue weighted by molar-refractivity contribution is 9.10. The number of hydrogen-bond donors (Lipinski definition) is 0. The summed E-state index contributed by atoms with van der Waals surface area (Å²) in [5, 5.41) is 0. The second-order valence-electron chi connectivity index (χ2n) is 3.68. The summed E-state index contributed by atoms with van der Waals surface area (Å²) in [7, 11) is 0. The van der Waals surface area contributed by atoms with Crippen LogP contribution in [0.4, 0.5) is 0 Å². The van der Waals surface area contributed by atoms with Gasteiger partial charge >= 0.3 is 0 Å². The summed E-state index contributed by atoms with van der Waals surface area (Å²) < 4.78 is 5.49. The second kappa shape index (κ2) is 3.96. The zero-order valence-corrected chi connectivity index (χ0v) is 9.13. The van der Waals surface area contributed by atoms with Crippen molar-refractivity contribution in [3.63, 3.8) is 0 Å². The molecule has 0 aromatic rings. The maximum atomic E-state index is 11.5. The third kappa shape index (κ3) is 2.05. The molecule has 0 bridgehead atoms. The molecule has 2 saturated heterocycles. The molecule has 0 aliphatic carbocycles. The van der Waals surface area contributed by atoms with Crippen molar-refractivity contribution in [3.8, 4) is 0 Å². The Morgan fingerprint density at radius 3 is 2.92 bits per heavy atom. The van der Waals surface area contributed by atoms with Crippen LogP contribution in [0.25, 0.3) is 0 Å². The van der Waals surface area contributed by atoms with Crippen LogP contribution in [-0.4, -0.2) is 41.4 Å². The molecule has 0 aromatic heterocycles. The molecule has 2 fully saturated rings. The molecule has 74 valence electrons. The van der Waals surface area contributed by atoms with Gasteiger partial charge in [0.25, 0.3) is 0 Å². The van der Waals surface area contributed by atoms with Crippen LogP contribution in [0, 0.1) is 0 Å². The van der Waals surface area contributed by atoms with Gasteiger partial charge < -0.3 is 9.64 Å². The van der Waals surface area contributed by atoms with Crippen LogP contribution in [0.1, 0.15) is 19.3 Å². The van der Waals surface area contributed by atoms with Gasteiger partial charge in [-0.05, 0) is 19.3 Å². The maximum Gasteiger partial charge on any atom is 0.236 e. The van der Waals surface area contributed by atoms with Gasteiger partial charge in [0, 0.05) is 19.7 Å². The van der Waals surface area contributed by atoms with Gasteiger partial charge in [-0.3, -0.25) is 4.79 Å². The Labute approximate surface area is 86.5 Å². The highest BCUT2D eigenvalue weighted by Gasteiger charge is 2.31. The largest absolute Gasteiger partial charge is 0.376 e. The standard InChI is InChI=1S/C9H14BrNO2/c10-8-3-4-11(9(8)12)6-7-2-1-5-13-7/h7-8H,1-6H2/t7?,8-/m1/s1. The van der Waals surface area contributed by atoms with Gasteiger partial charge in [0.05, 0.1) is 10.9 Å². The number of halogens is 1. The zero-order valence-electron chi connectivity index (χ0n) is 7.54. The summed E-state index contributed by atoms with van der Waals surface area (Å²) in [6.07, 6.45) is 3.48. The molecule has 0 saturated carbocycles. The molecule has 2 rings (SSSR count). The first-order valence-corrected chi connectivity index (χ1v) is 5.73. The van der Waals surface area contributed by atoms with Gasteiger partial charge in [-0.1, -0.05) is 15.9 Å². The van der Waals surface area contributed by atoms with E-state index in [1.54, 1.807) is 0 Å². The summed E-state index contributed by atoms with van der Waals surface area (Å²) in [5.41, 5.74) is 0. The van der Waals surface area contributed by atoms with Crippen molar-refractivity contribution in [2.75, 3.05) is 19.7 Å². The molecule has 13 heavy (non-hydrogen) atoms. The summed E-state index contributed by atoms with van der Waals surface area (Å²) in [5.74, 6) is 0.232. The minimum Gasteiger partial charge on any atom is -0.376 e. The lowest BCUT2D eigenvalue weighted by molar-refractivity contribution is -0.128. The molecule has 3 nitrogen and oxygen atoms in total. The number of nitrogens with zero attached hydrogens (tertiary/aromatic N) is 1. The number of likely N-dealkylation sites (tertiary alicyclic amines) is 1. The minimum atomic E-state index is 0.0499. The molecule has 2 aliphatic heterocycles. The van der Waals surface area contributed by atoms with Gasteiger partial charge in [-0.25, -0.2) is 0 Å². The summed E-state index contributed by atoms with van der Waals surface area (Å²) in [4.78, 5) is 13.5. The van der Waals surface area contributed by atoms with Crippen molar-refractivity contribution < 1.29 is 9.53 Å². The Bertz CT molecular complexity index is 204. The molecule has 4 heteroatoms. The average molecular weight is 248 g/mol. The topological polar surface area (TPSA) is 29.5 Å². The Balaban J connectivity index is 1.84. The van der Waals surface area contributed by atoms with E-state index < -0.39 is 0 Å². The van der Waals surface area contributed by atoms with Gasteiger partial charge in [-0.2, -0.15) is 0 Å². The van der Waals surface area contributed by atoms with Gasteiger partial charge in [0.15, 0.2) is 0 Å². The predicted molar refractivity (Wildman–Crippen MR) is 52.9 cm³/mol. The number of amides is 1. The van der Waals surface area contributed by atoms with E-state index in [-0.39, 0.29) is 10.7 Å². The van der Waals surface area contributed by atoms with Crippen LogP contribution in [0.5, 0.6) is 0 Å². The number of ether oxygens (including phenoxy) is 1. The quantitative estimate of drug-likeness (QED) is 0.686. The molecule has 2 heterocycles. The summed E-state index contributed by atoms with van der Waals surface area (Å²) in [6.45, 7) is 2.54. The lowest BCUT2D eigenvalue weighted by Gasteiger charge is -2.19. The zero-order chi connectivity index (χ0) is 9.26. The predicted octanol–water partition coefficient (Wildman–Crippen LogP) is 1.16. The Hall–Kier alpha value is -0.0900. The number of alkyl halides is 1. The third-order valence-corrected chi connectivity index (χ3v) is 3.53. The maximum absolute atomic E-state index is 11.5. The van der Waals surface area contributed by atoms with Crippen molar-refractivity contribution in [2.24, 2.45) is 0 Å². The van der Waals surface area contributed by atoms with Gasteiger partial charge in [0.1, 0.15) is 0 Å². The van der Waals surface area contributed by atoms with E-state index in [0.717, 1.165) is 39.0 Å². The normalized spacial score (nSPS) is 34.5. The fourth-order valence-corrected chi connectivity index (χ4v) is 2.41. The molecular formula is C9H14BrNO2. The van der Waals surface area contributed by atoms with E-state index in [2.05, 4.69) is 15.9 Å². The highest BCUT2D eigenvalue weighted by Crippen LogP contribution is 2.21. The number of hydrogen-bond acceptors (Lipinski definition) is 2. The molecule has 2 atom stereocenters. The first kappa shape index (κ1) is 9.46. The van der Waals surface area contributed by atoms with Crippen LogP contribution in [0.3, 0.4) is 0 Å². The van der Waals surface area contributed by atoms with Gasteiger partial charge in [-0.15, -0.1) is 0 Å². The highest BCUT2D eigenvalue weighted by atomic mass is 79.9. The van der Waals surface area contributed by atoms with Crippen LogP contribution in [0.2, 0.25) is 0 Å². The van der Waals surface area contributed by atoms with E-state index >= 15 is 0 Å². The fraction of sp³-hybridized carbons (Fsp3) is 0.889. The van der Waals surface area contributed by atoms with E-state index in [4.69, 9.17) is 4.74 Å². The van der Waals surface area contributed by atoms with Crippen molar-refractivity contribution in [1.82, 2.24) is 4.90 Å². The van der Waals surface area contributed by atoms with E-state index in [9.17, 15) is 4.79 Å². The van der Waals surface area contributed by atoms with Crippen molar-refractivity contribution in [1.29, 1.82) is 0 Å². The molecule has 1 unspecified atom stereocenters. The number of carbonyl (C=O) groups is 1. The Morgan fingerprint density at radius 1 is 1.54 bits per heavy atom. The Kier molecular flexibility index (Phi) is 2.89. The lowest BCUT2D eigenvalue weighted by atomic mass is 10.2. The third-order valence-electron chi connectivity index (χ3n) is 2.68. The first-order chi connectivity index (χ1) is 6.27. The monoisotopic (exact) mass is 247 g/mol. The minimum absolute atomic E-state index is 0.0499. The van der Waals surface area contributed by atoms with Crippen LogP contribution in [-0.2, 0) is 9.53 Å². The van der Waals surface area contributed by atoms with Crippen molar-refractivity contribution in [2.45, 2.75) is 30.2 Å². The van der Waals surface area contributed by atoms with E-state index in [1.165, 1.54) is 0 Å². The SMILES string of the molecule is O=C1[C@H](Br)CCN1CC1CCCO1. The van der Waals surface area contributed by atoms with Crippen LogP contribution in [0.15, 0.2) is 0 Å². The smallest absolute Gasteiger partial charge is 0.236 e. The summed E-state index contributed by atoms with van der Waals surface area (Å²) >= 11 is 3.36. The average Bonchev–Trinajstić information content (AvgIpc) is 2.71. The van der Waals surface area contributed by atoms with E-state index in [0.29, 0.717) is 6.10 Å². The number of rotatable bonds is 2. The van der Waals surface area contributed by atoms with Gasteiger partial charge in [0.2, 0.25) is 5.91 Å². The van der Waals surface area contributed by atoms with E-state index in [1.807, 2.05) is 4.90 Å². The second-order valence-corrected chi connectivity index (χ2v) is 4.78. The van der Waals surface area contributed by atoms with Crippen molar-refractivity contribution in [3.05, 3.63) is 0 Å². The molecule has 0 radical (unpaired) electrons. The molecule has 0 N–H and O–H groups in total. The van der Waals surface area contributed by atoms with Crippen LogP contribution >= 0.6 is 15.9 Å². The molecule has 0 aromatic carbocycles. The molecule has 2 aliphatic rings. The molecular weight excluding hydrogens is 234 g/mol. The molecule has 1 amide bonds. The van der Waals surface area contributed by atoms with Crippen LogP contribution < -0.4 is 0 Å². The lowest BCUT2D eigenvalue weighted by Crippen LogP contribution is -2.34. The number of carbonyl (C=O) groups excluding carboxylic acids is 1. The van der Waals surface area contributed by atoms with Crippen molar-refractivity contribution >= 4 is 21.8 Å². The fourth-order valence-electron chi connectivity index (χ4n) is 1.92. The Morgan fingerprint density at radius 2 is 2.38 bits per heavy atom. The summed E-state index contributed by atoms with van der Waals surface area (Å²) in [6, 6.07) is 0.